The Bertz CT molecular complexity index is 1220. The molecular weight excluding hydrogens is 386 g/mol. The van der Waals surface area contributed by atoms with Crippen LogP contribution in [0.25, 0.3) is 0 Å². The van der Waals surface area contributed by atoms with Crippen LogP contribution in [0.1, 0.15) is 31.8 Å². The van der Waals surface area contributed by atoms with Crippen LogP contribution in [0, 0.1) is 6.92 Å². The summed E-state index contributed by atoms with van der Waals surface area (Å²) in [6.45, 7) is 1.91. The van der Waals surface area contributed by atoms with Gasteiger partial charge in [0.05, 0.1) is 11.3 Å². The van der Waals surface area contributed by atoms with Crippen LogP contribution in [0.3, 0.4) is 0 Å². The average molecular weight is 407 g/mol. The number of para-hydroxylation sites is 2. The van der Waals surface area contributed by atoms with Crippen molar-refractivity contribution < 1.29 is 14.3 Å². The molecule has 0 heterocycles. The van der Waals surface area contributed by atoms with Crippen LogP contribution in [0.2, 0.25) is 0 Å². The summed E-state index contributed by atoms with van der Waals surface area (Å²) in [5.41, 5.74) is 2.78. The third-order valence-electron chi connectivity index (χ3n) is 4.81. The molecule has 0 aliphatic carbocycles. The zero-order valence-corrected chi connectivity index (χ0v) is 17.0. The maximum Gasteiger partial charge on any atom is 0.259 e. The molecule has 0 aromatic heterocycles. The largest absolute Gasteiger partial charge is 0.457 e. The summed E-state index contributed by atoms with van der Waals surface area (Å²) >= 11 is 0. The van der Waals surface area contributed by atoms with E-state index in [1.165, 1.54) is 0 Å². The summed E-state index contributed by atoms with van der Waals surface area (Å²) in [6.07, 6.45) is 0. The molecule has 0 saturated carbocycles. The molecule has 152 valence electrons. The van der Waals surface area contributed by atoms with Crippen molar-refractivity contribution >= 4 is 17.4 Å². The van der Waals surface area contributed by atoms with Crippen molar-refractivity contribution in [2.45, 2.75) is 6.92 Å². The van der Waals surface area contributed by atoms with E-state index in [0.29, 0.717) is 33.9 Å². The standard InChI is InChI=1S/C27H21NO3/c1-19-16-17-24(23(18-19)26(29)20-10-4-2-5-11-20)28-27(30)22-14-8-9-15-25(22)31-21-12-6-3-7-13-21/h2-18H,1H3,(H,28,30). The summed E-state index contributed by atoms with van der Waals surface area (Å²) < 4.78 is 5.91. The molecule has 1 amide bonds. The number of aryl methyl sites for hydroxylation is 1. The quantitative estimate of drug-likeness (QED) is 0.383. The second-order valence-electron chi connectivity index (χ2n) is 7.11. The Balaban J connectivity index is 1.64. The number of anilines is 1. The maximum atomic E-state index is 13.1. The lowest BCUT2D eigenvalue weighted by atomic mass is 9.99. The molecule has 0 saturated heterocycles. The van der Waals surface area contributed by atoms with Gasteiger partial charge in [-0.1, -0.05) is 72.3 Å². The molecular formula is C27H21NO3. The smallest absolute Gasteiger partial charge is 0.259 e. The molecule has 0 unspecified atom stereocenters. The minimum Gasteiger partial charge on any atom is -0.457 e. The van der Waals surface area contributed by atoms with Gasteiger partial charge in [-0.3, -0.25) is 9.59 Å². The van der Waals surface area contributed by atoms with E-state index in [1.54, 1.807) is 42.5 Å². The van der Waals surface area contributed by atoms with E-state index in [1.807, 2.05) is 67.6 Å². The normalized spacial score (nSPS) is 10.4. The predicted molar refractivity (Wildman–Crippen MR) is 122 cm³/mol. The highest BCUT2D eigenvalue weighted by Crippen LogP contribution is 2.27. The van der Waals surface area contributed by atoms with Gasteiger partial charge in [-0.15, -0.1) is 0 Å². The molecule has 0 aliphatic rings. The fourth-order valence-corrected chi connectivity index (χ4v) is 3.25. The third kappa shape index (κ3) is 4.70. The summed E-state index contributed by atoms with van der Waals surface area (Å²) in [4.78, 5) is 26.2. The van der Waals surface area contributed by atoms with Gasteiger partial charge >= 0.3 is 0 Å². The molecule has 0 fully saturated rings. The summed E-state index contributed by atoms with van der Waals surface area (Å²) in [5, 5.41) is 2.89. The van der Waals surface area contributed by atoms with Crippen LogP contribution in [0.4, 0.5) is 5.69 Å². The number of carbonyl (C=O) groups is 2. The van der Waals surface area contributed by atoms with Gasteiger partial charge in [0.25, 0.3) is 5.91 Å². The van der Waals surface area contributed by atoms with E-state index in [2.05, 4.69) is 5.32 Å². The topological polar surface area (TPSA) is 55.4 Å². The number of rotatable bonds is 6. The summed E-state index contributed by atoms with van der Waals surface area (Å²) in [6, 6.07) is 30.7. The van der Waals surface area contributed by atoms with E-state index >= 15 is 0 Å². The van der Waals surface area contributed by atoms with E-state index in [0.717, 1.165) is 5.56 Å². The number of ether oxygens (including phenoxy) is 1. The summed E-state index contributed by atoms with van der Waals surface area (Å²) in [5.74, 6) is 0.582. The molecule has 0 aliphatic heterocycles. The molecule has 0 spiro atoms. The van der Waals surface area contributed by atoms with Gasteiger partial charge in [-0.25, -0.2) is 0 Å². The van der Waals surface area contributed by atoms with Crippen molar-refractivity contribution in [3.63, 3.8) is 0 Å². The van der Waals surface area contributed by atoms with Crippen LogP contribution in [-0.2, 0) is 0 Å². The Morgan fingerprint density at radius 2 is 1.35 bits per heavy atom. The molecule has 4 aromatic rings. The molecule has 4 rings (SSSR count). The van der Waals surface area contributed by atoms with Crippen molar-refractivity contribution in [1.29, 1.82) is 0 Å². The molecule has 0 radical (unpaired) electrons. The number of benzene rings is 4. The highest BCUT2D eigenvalue weighted by molar-refractivity contribution is 6.15. The first kappa shape index (κ1) is 20.1. The van der Waals surface area contributed by atoms with E-state index < -0.39 is 0 Å². The van der Waals surface area contributed by atoms with Crippen molar-refractivity contribution in [3.05, 3.63) is 125 Å². The zero-order valence-electron chi connectivity index (χ0n) is 17.0. The van der Waals surface area contributed by atoms with Crippen molar-refractivity contribution in [2.75, 3.05) is 5.32 Å². The average Bonchev–Trinajstić information content (AvgIpc) is 2.81. The van der Waals surface area contributed by atoms with Gasteiger partial charge in [0.15, 0.2) is 5.78 Å². The van der Waals surface area contributed by atoms with Crippen molar-refractivity contribution in [3.8, 4) is 11.5 Å². The second-order valence-corrected chi connectivity index (χ2v) is 7.11. The number of nitrogens with one attached hydrogen (secondary N) is 1. The number of ketones is 1. The lowest BCUT2D eigenvalue weighted by molar-refractivity contribution is 0.102. The number of carbonyl (C=O) groups excluding carboxylic acids is 2. The molecule has 1 N–H and O–H groups in total. The van der Waals surface area contributed by atoms with Gasteiger partial charge in [-0.05, 0) is 43.3 Å². The van der Waals surface area contributed by atoms with Crippen LogP contribution < -0.4 is 10.1 Å². The third-order valence-corrected chi connectivity index (χ3v) is 4.81. The van der Waals surface area contributed by atoms with E-state index in [4.69, 9.17) is 4.74 Å². The highest BCUT2D eigenvalue weighted by atomic mass is 16.5. The van der Waals surface area contributed by atoms with Gasteiger partial charge in [0, 0.05) is 11.1 Å². The Morgan fingerprint density at radius 3 is 2.10 bits per heavy atom. The van der Waals surface area contributed by atoms with Gasteiger partial charge in [0.1, 0.15) is 11.5 Å². The second kappa shape index (κ2) is 9.09. The lowest BCUT2D eigenvalue weighted by Crippen LogP contribution is -2.16. The molecule has 0 atom stereocenters. The zero-order chi connectivity index (χ0) is 21.6. The van der Waals surface area contributed by atoms with E-state index in [9.17, 15) is 9.59 Å². The first-order chi connectivity index (χ1) is 15.1. The number of hydrogen-bond acceptors (Lipinski definition) is 3. The van der Waals surface area contributed by atoms with Crippen LogP contribution in [0.5, 0.6) is 11.5 Å². The Kier molecular flexibility index (Phi) is 5.90. The minimum atomic E-state index is -0.350. The van der Waals surface area contributed by atoms with Crippen molar-refractivity contribution in [1.82, 2.24) is 0 Å². The SMILES string of the molecule is Cc1ccc(NC(=O)c2ccccc2Oc2ccccc2)c(C(=O)c2ccccc2)c1. The predicted octanol–water partition coefficient (Wildman–Crippen LogP) is 6.27. The Morgan fingerprint density at radius 1 is 0.710 bits per heavy atom. The monoisotopic (exact) mass is 407 g/mol. The highest BCUT2D eigenvalue weighted by Gasteiger charge is 2.18. The van der Waals surface area contributed by atoms with Crippen LogP contribution in [-0.4, -0.2) is 11.7 Å². The van der Waals surface area contributed by atoms with Gasteiger partial charge in [-0.2, -0.15) is 0 Å². The number of hydrogen-bond donors (Lipinski definition) is 1. The number of amides is 1. The molecule has 4 heteroatoms. The molecule has 4 nitrogen and oxygen atoms in total. The fraction of sp³-hybridized carbons (Fsp3) is 0.0370. The lowest BCUT2D eigenvalue weighted by Gasteiger charge is -2.14. The van der Waals surface area contributed by atoms with Crippen LogP contribution in [0.15, 0.2) is 103 Å². The van der Waals surface area contributed by atoms with Crippen LogP contribution >= 0.6 is 0 Å². The maximum absolute atomic E-state index is 13.1. The van der Waals surface area contributed by atoms with Gasteiger partial charge in [0.2, 0.25) is 0 Å². The van der Waals surface area contributed by atoms with Gasteiger partial charge < -0.3 is 10.1 Å². The molecule has 31 heavy (non-hydrogen) atoms. The Hall–Kier alpha value is -4.18. The fourth-order valence-electron chi connectivity index (χ4n) is 3.25. The van der Waals surface area contributed by atoms with Crippen molar-refractivity contribution in [2.24, 2.45) is 0 Å². The van der Waals surface area contributed by atoms with E-state index in [-0.39, 0.29) is 11.7 Å². The first-order valence-corrected chi connectivity index (χ1v) is 9.95. The molecule has 4 aromatic carbocycles. The first-order valence-electron chi connectivity index (χ1n) is 9.95. The minimum absolute atomic E-state index is 0.145. The molecule has 0 bridgehead atoms. The Labute approximate surface area is 181 Å². The summed E-state index contributed by atoms with van der Waals surface area (Å²) in [7, 11) is 0.